The van der Waals surface area contributed by atoms with Crippen molar-refractivity contribution in [2.75, 3.05) is 25.6 Å². The zero-order valence-electron chi connectivity index (χ0n) is 15.9. The lowest BCUT2D eigenvalue weighted by Crippen LogP contribution is -2.30. The number of fused-ring (bicyclic) bond motifs is 1. The monoisotopic (exact) mass is 395 g/mol. The second-order valence-corrected chi connectivity index (χ2v) is 6.05. The van der Waals surface area contributed by atoms with Crippen molar-refractivity contribution < 1.29 is 19.1 Å². The van der Waals surface area contributed by atoms with Crippen LogP contribution in [0.3, 0.4) is 0 Å². The lowest BCUT2D eigenvalue weighted by molar-refractivity contribution is 0.0715. The van der Waals surface area contributed by atoms with E-state index in [2.05, 4.69) is 30.3 Å². The summed E-state index contributed by atoms with van der Waals surface area (Å²) in [5.74, 6) is 0.378. The standard InChI is InChI=1S/C20H21N5O4/c1-28-20(27)29-12-6-5-11-21-19(26)25-17-10-9-15-18(24-17)23-16(13-22-15)14-7-3-2-4-8-14/h2-4,7-10,13H,5-6,11-12H2,1H3,(H2,21,23,24,25,26). The quantitative estimate of drug-likeness (QED) is 0.465. The van der Waals surface area contributed by atoms with Gasteiger partial charge in [0.25, 0.3) is 0 Å². The van der Waals surface area contributed by atoms with Crippen molar-refractivity contribution in [3.8, 4) is 11.3 Å². The minimum atomic E-state index is -0.711. The molecule has 0 aliphatic rings. The summed E-state index contributed by atoms with van der Waals surface area (Å²) in [7, 11) is 1.25. The molecule has 1 aromatic carbocycles. The Morgan fingerprint density at radius 2 is 1.86 bits per heavy atom. The fourth-order valence-electron chi connectivity index (χ4n) is 2.52. The molecule has 0 aliphatic heterocycles. The summed E-state index contributed by atoms with van der Waals surface area (Å²) in [5, 5.41) is 5.40. The summed E-state index contributed by atoms with van der Waals surface area (Å²) in [4.78, 5) is 36.1. The van der Waals surface area contributed by atoms with Gasteiger partial charge in [-0.2, -0.15) is 0 Å². The van der Waals surface area contributed by atoms with Crippen molar-refractivity contribution in [1.29, 1.82) is 0 Å². The van der Waals surface area contributed by atoms with Crippen molar-refractivity contribution in [2.24, 2.45) is 0 Å². The Labute approximate surface area is 167 Å². The first-order chi connectivity index (χ1) is 14.2. The highest BCUT2D eigenvalue weighted by Gasteiger charge is 2.07. The van der Waals surface area contributed by atoms with Crippen LogP contribution in [0.2, 0.25) is 0 Å². The Bertz CT molecular complexity index is 981. The molecule has 0 saturated carbocycles. The lowest BCUT2D eigenvalue weighted by Gasteiger charge is -2.08. The third kappa shape index (κ3) is 5.86. The van der Waals surface area contributed by atoms with Crippen molar-refractivity contribution in [2.45, 2.75) is 12.8 Å². The first kappa shape index (κ1) is 20.0. The molecule has 9 nitrogen and oxygen atoms in total. The van der Waals surface area contributed by atoms with Crippen molar-refractivity contribution in [3.05, 3.63) is 48.7 Å². The molecule has 3 aromatic rings. The summed E-state index contributed by atoms with van der Waals surface area (Å²) in [5.41, 5.74) is 2.74. The van der Waals surface area contributed by atoms with Crippen LogP contribution in [0.4, 0.5) is 15.4 Å². The van der Waals surface area contributed by atoms with Gasteiger partial charge in [-0.1, -0.05) is 30.3 Å². The zero-order chi connectivity index (χ0) is 20.5. The summed E-state index contributed by atoms with van der Waals surface area (Å²) in [6, 6.07) is 12.7. The normalized spacial score (nSPS) is 10.4. The van der Waals surface area contributed by atoms with Gasteiger partial charge in [-0.15, -0.1) is 0 Å². The third-order valence-corrected chi connectivity index (χ3v) is 3.96. The zero-order valence-corrected chi connectivity index (χ0v) is 15.9. The number of benzene rings is 1. The van der Waals surface area contributed by atoms with Crippen LogP contribution in [0.25, 0.3) is 22.4 Å². The molecule has 2 heterocycles. The SMILES string of the molecule is COC(=O)OCCCCNC(=O)Nc1ccc2ncc(-c3ccccc3)nc2n1. The van der Waals surface area contributed by atoms with Gasteiger partial charge in [0, 0.05) is 12.1 Å². The van der Waals surface area contributed by atoms with E-state index in [9.17, 15) is 9.59 Å². The van der Waals surface area contributed by atoms with Gasteiger partial charge in [-0.05, 0) is 25.0 Å². The second-order valence-electron chi connectivity index (χ2n) is 6.05. The maximum atomic E-state index is 12.0. The van der Waals surface area contributed by atoms with Crippen LogP contribution in [0.15, 0.2) is 48.7 Å². The molecule has 0 fully saturated rings. The van der Waals surface area contributed by atoms with Gasteiger partial charge in [0.05, 0.1) is 25.6 Å². The topological polar surface area (TPSA) is 115 Å². The average Bonchev–Trinajstić information content (AvgIpc) is 2.76. The maximum Gasteiger partial charge on any atom is 0.507 e. The Morgan fingerprint density at radius 1 is 1.03 bits per heavy atom. The number of methoxy groups -OCH3 is 1. The highest BCUT2D eigenvalue weighted by atomic mass is 16.7. The number of pyridine rings is 1. The van der Waals surface area contributed by atoms with E-state index in [4.69, 9.17) is 4.74 Å². The number of nitrogens with zero attached hydrogens (tertiary/aromatic N) is 3. The minimum absolute atomic E-state index is 0.241. The molecule has 0 aliphatic carbocycles. The number of urea groups is 1. The number of ether oxygens (including phenoxy) is 2. The number of hydrogen-bond donors (Lipinski definition) is 2. The largest absolute Gasteiger partial charge is 0.507 e. The van der Waals surface area contributed by atoms with Gasteiger partial charge >= 0.3 is 12.2 Å². The first-order valence-corrected chi connectivity index (χ1v) is 9.10. The number of nitrogens with one attached hydrogen (secondary N) is 2. The van der Waals surface area contributed by atoms with Crippen molar-refractivity contribution >= 4 is 29.2 Å². The summed E-state index contributed by atoms with van der Waals surface area (Å²) >= 11 is 0. The highest BCUT2D eigenvalue weighted by Crippen LogP contribution is 2.18. The Morgan fingerprint density at radius 3 is 2.66 bits per heavy atom. The molecule has 2 aromatic heterocycles. The number of aromatic nitrogens is 3. The first-order valence-electron chi connectivity index (χ1n) is 9.10. The Balaban J connectivity index is 1.53. The van der Waals surface area contributed by atoms with Crippen LogP contribution < -0.4 is 10.6 Å². The van der Waals surface area contributed by atoms with Gasteiger partial charge in [0.15, 0.2) is 5.65 Å². The van der Waals surface area contributed by atoms with Crippen LogP contribution in [0.1, 0.15) is 12.8 Å². The minimum Gasteiger partial charge on any atom is -0.438 e. The second kappa shape index (κ2) is 9.98. The smallest absolute Gasteiger partial charge is 0.438 e. The van der Waals surface area contributed by atoms with E-state index in [-0.39, 0.29) is 12.6 Å². The predicted octanol–water partition coefficient (Wildman–Crippen LogP) is 3.38. The molecule has 0 atom stereocenters. The molecule has 150 valence electrons. The molecule has 9 heteroatoms. The van der Waals surface area contributed by atoms with E-state index in [1.165, 1.54) is 7.11 Å². The Kier molecular flexibility index (Phi) is 6.88. The average molecular weight is 395 g/mol. The van der Waals surface area contributed by atoms with Crippen LogP contribution in [-0.4, -0.2) is 47.4 Å². The van der Waals surface area contributed by atoms with Crippen LogP contribution in [0, 0.1) is 0 Å². The number of anilines is 1. The van der Waals surface area contributed by atoms with Gasteiger partial charge in [-0.25, -0.2) is 19.6 Å². The van der Waals surface area contributed by atoms with E-state index >= 15 is 0 Å². The molecule has 2 N–H and O–H groups in total. The van der Waals surface area contributed by atoms with Gasteiger partial charge < -0.3 is 14.8 Å². The van der Waals surface area contributed by atoms with Crippen LogP contribution in [-0.2, 0) is 9.47 Å². The van der Waals surface area contributed by atoms with Crippen molar-refractivity contribution in [1.82, 2.24) is 20.3 Å². The molecular formula is C20H21N5O4. The number of rotatable bonds is 7. The fourth-order valence-corrected chi connectivity index (χ4v) is 2.52. The van der Waals surface area contributed by atoms with E-state index < -0.39 is 6.16 Å². The van der Waals surface area contributed by atoms with E-state index in [1.807, 2.05) is 30.3 Å². The maximum absolute atomic E-state index is 12.0. The summed E-state index contributed by atoms with van der Waals surface area (Å²) in [6.07, 6.45) is 2.25. The number of amides is 2. The molecule has 0 unspecified atom stereocenters. The molecule has 0 spiro atoms. The van der Waals surface area contributed by atoms with E-state index in [0.29, 0.717) is 42.1 Å². The highest BCUT2D eigenvalue weighted by molar-refractivity contribution is 5.89. The number of carbonyl (C=O) groups is 2. The molecule has 0 bridgehead atoms. The third-order valence-electron chi connectivity index (χ3n) is 3.96. The number of carbonyl (C=O) groups excluding carboxylic acids is 2. The van der Waals surface area contributed by atoms with Crippen LogP contribution in [0.5, 0.6) is 0 Å². The molecule has 2 amide bonds. The van der Waals surface area contributed by atoms with Gasteiger partial charge in [0.1, 0.15) is 11.3 Å². The molecule has 0 saturated heterocycles. The van der Waals surface area contributed by atoms with E-state index in [1.54, 1.807) is 18.3 Å². The molecule has 3 rings (SSSR count). The summed E-state index contributed by atoms with van der Waals surface area (Å²) < 4.78 is 9.13. The van der Waals surface area contributed by atoms with Gasteiger partial charge in [0.2, 0.25) is 0 Å². The molecular weight excluding hydrogens is 374 g/mol. The molecule has 0 radical (unpaired) electrons. The number of hydrogen-bond acceptors (Lipinski definition) is 7. The Hall–Kier alpha value is -3.75. The number of unbranched alkanes of at least 4 members (excludes halogenated alkanes) is 1. The predicted molar refractivity (Wildman–Crippen MR) is 107 cm³/mol. The lowest BCUT2D eigenvalue weighted by atomic mass is 10.2. The van der Waals surface area contributed by atoms with E-state index in [0.717, 1.165) is 5.56 Å². The summed E-state index contributed by atoms with van der Waals surface area (Å²) in [6.45, 7) is 0.673. The van der Waals surface area contributed by atoms with Gasteiger partial charge in [-0.3, -0.25) is 10.3 Å². The van der Waals surface area contributed by atoms with Crippen LogP contribution >= 0.6 is 0 Å². The molecule has 29 heavy (non-hydrogen) atoms. The fraction of sp³-hybridized carbons (Fsp3) is 0.250. The van der Waals surface area contributed by atoms with Crippen molar-refractivity contribution in [3.63, 3.8) is 0 Å².